The lowest BCUT2D eigenvalue weighted by Gasteiger charge is -2.34. The van der Waals surface area contributed by atoms with Crippen molar-refractivity contribution in [1.29, 1.82) is 0 Å². The first-order chi connectivity index (χ1) is 64.5. The van der Waals surface area contributed by atoms with E-state index in [1.54, 1.807) is 94.7 Å². The van der Waals surface area contributed by atoms with Crippen molar-refractivity contribution in [2.24, 2.45) is 5.73 Å². The molecule has 0 unspecified atom stereocenters. The van der Waals surface area contributed by atoms with Gasteiger partial charge in [-0.3, -0.25) is 24.1 Å². The number of aliphatic carboxylic acids is 1. The number of hydrogen-bond acceptors (Lipinski definition) is 36. The molecule has 0 radical (unpaired) electrons. The Bertz CT molecular complexity index is 5750. The minimum Gasteiger partial charge on any atom is -0.480 e. The summed E-state index contributed by atoms with van der Waals surface area (Å²) in [5.41, 5.74) is 13.9. The molecule has 14 rings (SSSR count). The summed E-state index contributed by atoms with van der Waals surface area (Å²) in [5, 5.41) is 24.5. The zero-order chi connectivity index (χ0) is 97.5. The van der Waals surface area contributed by atoms with Crippen LogP contribution >= 0.6 is 56.9 Å². The van der Waals surface area contributed by atoms with Gasteiger partial charge in [-0.2, -0.15) is 19.9 Å². The highest BCUT2D eigenvalue weighted by atomic mass is 35.5. The molecule has 2 fully saturated rings. The number of benzene rings is 4. The van der Waals surface area contributed by atoms with E-state index in [4.69, 9.17) is 70.8 Å². The monoisotopic (exact) mass is 1940 g/mol. The molecule has 0 spiro atoms. The third-order valence-corrected chi connectivity index (χ3v) is 21.5. The minimum absolute atomic E-state index is 0.00851. The van der Waals surface area contributed by atoms with Gasteiger partial charge < -0.3 is 85.4 Å². The number of nitrogen functional groups attached to an aromatic ring is 1. The molecule has 0 bridgehead atoms. The van der Waals surface area contributed by atoms with E-state index in [0.717, 1.165) is 46.5 Å². The molecule has 41 heteroatoms. The number of morpholine rings is 2. The van der Waals surface area contributed by atoms with E-state index in [9.17, 15) is 28.8 Å². The maximum absolute atomic E-state index is 12.5. The SMILES string of the molecule is C=CC(=O)N1CCOC[C@H]1C(=O)NCCOc1cc(Nc2ncc(-c3ccccc3)s2)nc(C)n1.CC(C)(C)OC(=O)N1CCOC[C@H]1C(=O)O.Cc1nc(Cl)cc(OCCCC(=O)OC(C)(C)C)n1.Cc1nc(Nc2ncc(-c3ccccc3)s2)cc(OCCCC(=O)OC(C)(C)C)n1.Cc1nc(Nc2ncc(-c3ccccc3)s2)cc(OCCN)n1.Nc1ncc(-c2ccccc2)s1. The fourth-order valence-electron chi connectivity index (χ4n) is 11.9. The molecule has 8 aromatic heterocycles. The lowest BCUT2D eigenvalue weighted by Crippen LogP contribution is -2.55. The number of nitrogens with zero attached hydrogens (tertiary/aromatic N) is 14. The van der Waals surface area contributed by atoms with Crippen LogP contribution in [-0.2, 0) is 47.7 Å². The molecule has 12 aromatic rings. The number of aromatic nitrogens is 12. The molecule has 3 amide bonds. The van der Waals surface area contributed by atoms with Crippen LogP contribution in [0, 0.1) is 27.7 Å². The number of halogens is 1. The summed E-state index contributed by atoms with van der Waals surface area (Å²) in [6, 6.07) is 45.4. The first kappa shape index (κ1) is 105. The number of nitrogens with one attached hydrogen (secondary N) is 4. The Balaban J connectivity index is 0.000000188. The molecule has 0 aliphatic carbocycles. The van der Waals surface area contributed by atoms with Gasteiger partial charge in [-0.15, -0.1) is 0 Å². The minimum atomic E-state index is -1.08. The number of hydrogen-bond donors (Lipinski definition) is 7. The van der Waals surface area contributed by atoms with Crippen molar-refractivity contribution < 1.29 is 76.5 Å². The van der Waals surface area contributed by atoms with Crippen LogP contribution in [0.5, 0.6) is 23.5 Å². The van der Waals surface area contributed by atoms with Crippen LogP contribution < -0.4 is 51.7 Å². The summed E-state index contributed by atoms with van der Waals surface area (Å²) in [4.78, 5) is 129. The maximum Gasteiger partial charge on any atom is 0.411 e. The second-order valence-electron chi connectivity index (χ2n) is 32.3. The molecule has 2 aliphatic heterocycles. The van der Waals surface area contributed by atoms with Gasteiger partial charge in [0.2, 0.25) is 35.3 Å². The number of carbonyl (C=O) groups excluding carboxylic acids is 5. The number of carbonyl (C=O) groups is 6. The number of ether oxygens (including phenoxy) is 9. The zero-order valence-electron chi connectivity index (χ0n) is 77.4. The van der Waals surface area contributed by atoms with Gasteiger partial charge >= 0.3 is 24.0 Å². The number of amides is 3. The molecule has 9 N–H and O–H groups in total. The lowest BCUT2D eigenvalue weighted by molar-refractivity contribution is -0.156. The van der Waals surface area contributed by atoms with Crippen molar-refractivity contribution in [2.75, 3.05) is 101 Å². The molecule has 2 atom stereocenters. The number of anilines is 7. The largest absolute Gasteiger partial charge is 0.480 e. The first-order valence-electron chi connectivity index (χ1n) is 42.9. The topological polar surface area (TPSA) is 467 Å². The number of esters is 2. The third kappa shape index (κ3) is 38.3. The van der Waals surface area contributed by atoms with Gasteiger partial charge in [0.25, 0.3) is 0 Å². The molecule has 4 aromatic carbocycles. The fourth-order valence-corrected chi connectivity index (χ4v) is 15.3. The van der Waals surface area contributed by atoms with E-state index in [1.807, 2.05) is 164 Å². The van der Waals surface area contributed by atoms with Crippen LogP contribution in [0.2, 0.25) is 5.15 Å². The van der Waals surface area contributed by atoms with Gasteiger partial charge in [-0.25, -0.2) is 49.5 Å². The van der Waals surface area contributed by atoms with Gasteiger partial charge in [0, 0.05) is 81.5 Å². The second kappa shape index (κ2) is 52.9. The quantitative estimate of drug-likeness (QED) is 0.00723. The summed E-state index contributed by atoms with van der Waals surface area (Å²) in [6.45, 7) is 30.4. The summed E-state index contributed by atoms with van der Waals surface area (Å²) >= 11 is 11.9. The number of rotatable bonds is 30. The van der Waals surface area contributed by atoms with Gasteiger partial charge in [0.1, 0.15) is 82.0 Å². The second-order valence-corrected chi connectivity index (χ2v) is 36.8. The van der Waals surface area contributed by atoms with Crippen molar-refractivity contribution in [3.8, 4) is 65.3 Å². The molecule has 2 aliphatic rings. The molecule has 2 saturated heterocycles. The Morgan fingerprint density at radius 3 is 1.20 bits per heavy atom. The maximum atomic E-state index is 12.5. The lowest BCUT2D eigenvalue weighted by atomic mass is 10.2. The summed E-state index contributed by atoms with van der Waals surface area (Å²) < 4.78 is 48.3. The first-order valence-corrected chi connectivity index (χ1v) is 46.6. The van der Waals surface area contributed by atoms with Gasteiger partial charge in [0.05, 0.1) is 65.7 Å². The molecule has 10 heterocycles. The van der Waals surface area contributed by atoms with E-state index in [2.05, 4.69) is 112 Å². The third-order valence-electron chi connectivity index (χ3n) is 17.5. The van der Waals surface area contributed by atoms with Crippen molar-refractivity contribution >= 4 is 131 Å². The van der Waals surface area contributed by atoms with E-state index >= 15 is 0 Å². The van der Waals surface area contributed by atoms with Crippen LogP contribution in [0.4, 0.5) is 42.8 Å². The Morgan fingerprint density at radius 1 is 0.481 bits per heavy atom. The van der Waals surface area contributed by atoms with Crippen LogP contribution in [0.1, 0.15) is 111 Å². The van der Waals surface area contributed by atoms with E-state index in [0.29, 0.717) is 151 Å². The van der Waals surface area contributed by atoms with Crippen LogP contribution in [0.3, 0.4) is 0 Å². The number of aryl methyl sites for hydroxylation is 4. The molecular formula is C94H113ClN20O16S4. The molecule has 135 heavy (non-hydrogen) atoms. The zero-order valence-corrected chi connectivity index (χ0v) is 81.4. The molecule has 36 nitrogen and oxygen atoms in total. The summed E-state index contributed by atoms with van der Waals surface area (Å²) in [5.74, 6) is 3.73. The average Bonchev–Trinajstić information content (AvgIpc) is 1.83. The van der Waals surface area contributed by atoms with Crippen LogP contribution in [-0.4, -0.2) is 218 Å². The van der Waals surface area contributed by atoms with E-state index in [1.165, 1.54) is 44.1 Å². The highest BCUT2D eigenvalue weighted by Gasteiger charge is 2.36. The predicted molar refractivity (Wildman–Crippen MR) is 522 cm³/mol. The number of thiazole rings is 4. The van der Waals surface area contributed by atoms with Crippen molar-refractivity contribution in [3.05, 3.63) is 211 Å². The molecule has 716 valence electrons. The predicted octanol–water partition coefficient (Wildman–Crippen LogP) is 16.7. The van der Waals surface area contributed by atoms with Gasteiger partial charge in [-0.1, -0.05) is 185 Å². The Morgan fingerprint density at radius 2 is 0.837 bits per heavy atom. The Labute approximate surface area is 804 Å². The fraction of sp³-hybridized carbons (Fsp3) is 0.362. The smallest absolute Gasteiger partial charge is 0.411 e. The number of nitrogens with two attached hydrogens (primary N) is 2. The average molecular weight is 1940 g/mol. The van der Waals surface area contributed by atoms with E-state index < -0.39 is 40.9 Å². The highest BCUT2D eigenvalue weighted by Crippen LogP contribution is 2.35. The van der Waals surface area contributed by atoms with Crippen LogP contribution in [0.25, 0.3) is 41.8 Å². The number of carboxylic acid groups (broad SMARTS) is 1. The van der Waals surface area contributed by atoms with Gasteiger partial charge in [0.15, 0.2) is 26.6 Å². The standard InChI is InChI=1S/C24H26N6O4S.C22H26N4O3S.C16H17N5OS.C13H19ClN2O3.C10H17NO5.C9H8N2S/c1-3-22(31)30-10-12-33-15-18(30)23(32)25-9-11-34-21-13-20(27-16(2)28-21)29-24-26-14-19(35-24)17-7-5-4-6-8-17;1-15-24-18(26-21-23-14-17(30-21)16-9-6-5-7-10-16)13-19(25-15)28-12-8-11-20(27)29-22(2,3)4;1-11-19-14(9-15(20-11)22-8-7-17)21-16-18-10-13(23-16)12-5-3-2-4-6-12;1-9-15-10(14)8-11(16-9)18-7-5-6-12(17)19-13(2,3)4;1-10(2,3)16-9(14)11-4-5-15-6-7(11)8(12)13;10-9-11-6-8(12-9)7-4-2-1-3-5-7/h3-8,13-14,18H,1,9-12,15H2,2H3,(H,25,32)(H,26,27,28,29);5-7,9-10,13-14H,8,11-12H2,1-4H3,(H,23,24,25,26);2-6,9-10H,7-8,17H2,1H3,(H,18,19,20,21);8H,5-7H2,1-4H3;7H,4-6H2,1-3H3,(H,12,13);1-6H,(H2,10,11)/t18-;;;;7-;/m0...0./s1. The Kier molecular flexibility index (Phi) is 41.3. The van der Waals surface area contributed by atoms with Crippen molar-refractivity contribution in [1.82, 2.24) is 74.9 Å². The van der Waals surface area contributed by atoms with Crippen LogP contribution in [0.15, 0.2) is 183 Å². The van der Waals surface area contributed by atoms with Crippen molar-refractivity contribution in [2.45, 2.75) is 145 Å². The molecular weight excluding hydrogens is 1830 g/mol. The Hall–Kier alpha value is -13.4. The van der Waals surface area contributed by atoms with Crippen molar-refractivity contribution in [3.63, 3.8) is 0 Å². The number of carboxylic acids is 1. The summed E-state index contributed by atoms with van der Waals surface area (Å²) in [6.07, 6.45) is 9.63. The highest BCUT2D eigenvalue weighted by molar-refractivity contribution is 7.20. The van der Waals surface area contributed by atoms with Gasteiger partial charge in [-0.05, 0) is 131 Å². The summed E-state index contributed by atoms with van der Waals surface area (Å²) in [7, 11) is 0. The van der Waals surface area contributed by atoms with E-state index in [-0.39, 0.29) is 56.7 Å². The normalized spacial score (nSPS) is 13.3. The molecule has 0 saturated carbocycles.